The molecule has 0 heterocycles. The van der Waals surface area contributed by atoms with Crippen molar-refractivity contribution in [3.63, 3.8) is 0 Å². The third kappa shape index (κ3) is 10.8. The van der Waals surface area contributed by atoms with E-state index in [0.717, 1.165) is 48.6 Å². The summed E-state index contributed by atoms with van der Waals surface area (Å²) in [5.41, 5.74) is -13.2. The fourth-order valence-corrected chi connectivity index (χ4v) is 5.69. The highest BCUT2D eigenvalue weighted by Crippen LogP contribution is 2.51. The van der Waals surface area contributed by atoms with Gasteiger partial charge in [-0.3, -0.25) is 4.79 Å². The van der Waals surface area contributed by atoms with E-state index in [1.54, 1.807) is 0 Å². The smallest absolute Gasteiger partial charge is 0.417 e. The van der Waals surface area contributed by atoms with Gasteiger partial charge in [-0.15, -0.1) is 0 Å². The van der Waals surface area contributed by atoms with Crippen LogP contribution in [0.15, 0.2) is 98.1 Å². The molecule has 0 fully saturated rings. The zero-order chi connectivity index (χ0) is 41.6. The lowest BCUT2D eigenvalue weighted by Crippen LogP contribution is -2.17. The molecule has 0 saturated heterocycles. The topological polar surface area (TPSA) is 52.6 Å². The molecule has 4 rings (SSSR count). The van der Waals surface area contributed by atoms with Crippen LogP contribution in [0, 0.1) is 0 Å². The standard InChI is InChI=1S/C40H30F12O4/c1-3-26(53)8-6-17-55-27-15-13-25(14-16-27)29-20-31(35(40(50,51)52)22-33(29)38(44,45)46)30-19-28(32(37(41,42)43)21-34(30)39(47,48)49)24-11-9-23(10-12-24)7-5-18-56-36(54)4-2/h3-4,9-16,19-22H,1-2,5-8,17-18H2. The largest absolute Gasteiger partial charge is 0.494 e. The Morgan fingerprint density at radius 1 is 0.536 bits per heavy atom. The molecule has 56 heavy (non-hydrogen) atoms. The van der Waals surface area contributed by atoms with E-state index in [1.165, 1.54) is 12.1 Å². The van der Waals surface area contributed by atoms with Crippen LogP contribution in [0.4, 0.5) is 52.7 Å². The van der Waals surface area contributed by atoms with Gasteiger partial charge in [0.1, 0.15) is 5.75 Å². The molecule has 4 aromatic carbocycles. The van der Waals surface area contributed by atoms with Crippen molar-refractivity contribution in [3.05, 3.63) is 126 Å². The molecule has 4 aromatic rings. The van der Waals surface area contributed by atoms with Gasteiger partial charge >= 0.3 is 30.7 Å². The van der Waals surface area contributed by atoms with E-state index in [0.29, 0.717) is 5.56 Å². The molecule has 0 N–H and O–H groups in total. The first kappa shape index (κ1) is 43.2. The second kappa shape index (κ2) is 17.1. The van der Waals surface area contributed by atoms with Crippen molar-refractivity contribution in [1.29, 1.82) is 0 Å². The number of aryl methyl sites for hydroxylation is 1. The fraction of sp³-hybridized carbons (Fsp3) is 0.250. The van der Waals surface area contributed by atoms with Gasteiger partial charge in [-0.1, -0.05) is 49.6 Å². The van der Waals surface area contributed by atoms with Crippen LogP contribution in [0.2, 0.25) is 0 Å². The highest BCUT2D eigenvalue weighted by atomic mass is 19.4. The lowest BCUT2D eigenvalue weighted by molar-refractivity contribution is -0.145. The van der Waals surface area contributed by atoms with Gasteiger partial charge in [0.15, 0.2) is 5.78 Å². The number of carbonyl (C=O) groups is 2. The summed E-state index contributed by atoms with van der Waals surface area (Å²) < 4.78 is 184. The second-order valence-electron chi connectivity index (χ2n) is 12.2. The van der Waals surface area contributed by atoms with Gasteiger partial charge in [0, 0.05) is 12.5 Å². The molecule has 0 radical (unpaired) electrons. The maximum Gasteiger partial charge on any atom is 0.417 e. The third-order valence-corrected chi connectivity index (χ3v) is 8.34. The number of ether oxygens (including phenoxy) is 2. The molecule has 298 valence electrons. The van der Waals surface area contributed by atoms with Crippen molar-refractivity contribution in [3.8, 4) is 39.1 Å². The monoisotopic (exact) mass is 802 g/mol. The number of hydrogen-bond acceptors (Lipinski definition) is 4. The number of esters is 1. The summed E-state index contributed by atoms with van der Waals surface area (Å²) in [6.45, 7) is 6.52. The molecule has 0 amide bonds. The number of alkyl halides is 12. The first-order valence-corrected chi connectivity index (χ1v) is 16.5. The second-order valence-corrected chi connectivity index (χ2v) is 12.2. The first-order chi connectivity index (χ1) is 26.0. The number of carbonyl (C=O) groups excluding carboxylic acids is 2. The number of ketones is 1. The minimum atomic E-state index is -5.72. The van der Waals surface area contributed by atoms with Crippen molar-refractivity contribution in [2.75, 3.05) is 13.2 Å². The molecular formula is C40H30F12O4. The number of rotatable bonds is 14. The van der Waals surface area contributed by atoms with E-state index < -0.39 is 80.7 Å². The van der Waals surface area contributed by atoms with E-state index in [2.05, 4.69) is 13.2 Å². The normalized spacial score (nSPS) is 12.3. The predicted molar refractivity (Wildman–Crippen MR) is 182 cm³/mol. The minimum Gasteiger partial charge on any atom is -0.494 e. The van der Waals surface area contributed by atoms with E-state index in [-0.39, 0.29) is 80.3 Å². The molecule has 0 aliphatic heterocycles. The lowest BCUT2D eigenvalue weighted by atomic mass is 9.85. The molecule has 0 saturated carbocycles. The number of benzene rings is 4. The Bertz CT molecular complexity index is 1910. The van der Waals surface area contributed by atoms with Gasteiger partial charge in [-0.2, -0.15) is 52.7 Å². The van der Waals surface area contributed by atoms with Crippen LogP contribution < -0.4 is 4.74 Å². The number of halogens is 12. The zero-order valence-corrected chi connectivity index (χ0v) is 28.9. The van der Waals surface area contributed by atoms with Crippen LogP contribution >= 0.6 is 0 Å². The summed E-state index contributed by atoms with van der Waals surface area (Å²) in [7, 11) is 0. The molecule has 0 aromatic heterocycles. The van der Waals surface area contributed by atoms with Crippen molar-refractivity contribution < 1.29 is 71.7 Å². The Morgan fingerprint density at radius 3 is 1.38 bits per heavy atom. The van der Waals surface area contributed by atoms with E-state index >= 15 is 0 Å². The predicted octanol–water partition coefficient (Wildman–Crippen LogP) is 12.3. The van der Waals surface area contributed by atoms with Gasteiger partial charge in [0.2, 0.25) is 0 Å². The van der Waals surface area contributed by atoms with Crippen LogP contribution in [-0.4, -0.2) is 25.0 Å². The zero-order valence-electron chi connectivity index (χ0n) is 28.9. The first-order valence-electron chi connectivity index (χ1n) is 16.5. The van der Waals surface area contributed by atoms with Crippen LogP contribution in [0.1, 0.15) is 47.1 Å². The highest BCUT2D eigenvalue weighted by Gasteiger charge is 2.45. The van der Waals surface area contributed by atoms with Gasteiger partial charge in [-0.25, -0.2) is 4.79 Å². The third-order valence-electron chi connectivity index (χ3n) is 8.34. The SMILES string of the molecule is C=CC(=O)CCCOc1ccc(-c2cc(-c3cc(-c4ccc(CCCOC(=O)C=C)cc4)c(C(F)(F)F)cc3C(F)(F)F)c(C(F)(F)F)cc2C(F)(F)F)cc1. The Kier molecular flexibility index (Phi) is 13.2. The fourth-order valence-electron chi connectivity index (χ4n) is 5.69. The van der Waals surface area contributed by atoms with E-state index in [9.17, 15) is 62.3 Å². The Balaban J connectivity index is 1.92. The van der Waals surface area contributed by atoms with Gasteiger partial charge in [-0.05, 0) is 101 Å². The summed E-state index contributed by atoms with van der Waals surface area (Å²) in [6.07, 6.45) is -19.5. The Morgan fingerprint density at radius 2 is 0.964 bits per heavy atom. The summed E-state index contributed by atoms with van der Waals surface area (Å²) in [6, 6.07) is 8.88. The number of hydrogen-bond donors (Lipinski definition) is 0. The molecule has 0 aliphatic rings. The van der Waals surface area contributed by atoms with Crippen molar-refractivity contribution in [2.45, 2.75) is 50.4 Å². The van der Waals surface area contributed by atoms with Crippen molar-refractivity contribution in [2.24, 2.45) is 0 Å². The van der Waals surface area contributed by atoms with Crippen LogP contribution in [-0.2, 0) is 45.5 Å². The minimum absolute atomic E-state index is 0.0103. The van der Waals surface area contributed by atoms with Crippen LogP contribution in [0.25, 0.3) is 33.4 Å². The van der Waals surface area contributed by atoms with Gasteiger partial charge in [0.25, 0.3) is 0 Å². The summed E-state index contributed by atoms with van der Waals surface area (Å²) in [5, 5.41) is 0. The molecule has 16 heteroatoms. The summed E-state index contributed by atoms with van der Waals surface area (Å²) >= 11 is 0. The molecule has 0 atom stereocenters. The maximum absolute atomic E-state index is 14.6. The maximum atomic E-state index is 14.6. The molecular weight excluding hydrogens is 772 g/mol. The van der Waals surface area contributed by atoms with Crippen LogP contribution in [0.3, 0.4) is 0 Å². The lowest BCUT2D eigenvalue weighted by Gasteiger charge is -2.24. The van der Waals surface area contributed by atoms with Crippen molar-refractivity contribution >= 4 is 11.8 Å². The van der Waals surface area contributed by atoms with Gasteiger partial charge < -0.3 is 9.47 Å². The van der Waals surface area contributed by atoms with Crippen molar-refractivity contribution in [1.82, 2.24) is 0 Å². The Labute approximate surface area is 312 Å². The van der Waals surface area contributed by atoms with E-state index in [4.69, 9.17) is 9.47 Å². The molecule has 4 nitrogen and oxygen atoms in total. The highest BCUT2D eigenvalue weighted by molar-refractivity contribution is 5.89. The van der Waals surface area contributed by atoms with Gasteiger partial charge in [0.05, 0.1) is 35.5 Å². The number of allylic oxidation sites excluding steroid dienone is 1. The van der Waals surface area contributed by atoms with E-state index in [1.807, 2.05) is 0 Å². The average Bonchev–Trinajstić information content (AvgIpc) is 3.12. The van der Waals surface area contributed by atoms with Crippen LogP contribution in [0.5, 0.6) is 5.75 Å². The summed E-state index contributed by atoms with van der Waals surface area (Å²) in [5.74, 6) is -0.888. The molecule has 0 aliphatic carbocycles. The molecule has 0 spiro atoms. The quantitative estimate of drug-likeness (QED) is 0.0551. The molecule has 0 unspecified atom stereocenters. The Hall–Kier alpha value is -5.54. The summed E-state index contributed by atoms with van der Waals surface area (Å²) in [4.78, 5) is 22.6. The average molecular weight is 803 g/mol. The molecule has 0 bridgehead atoms.